The van der Waals surface area contributed by atoms with Crippen molar-refractivity contribution >= 4 is 0 Å². The summed E-state index contributed by atoms with van der Waals surface area (Å²) in [5, 5.41) is 3.42. The lowest BCUT2D eigenvalue weighted by atomic mass is 9.79. The minimum atomic E-state index is 0.770. The van der Waals surface area contributed by atoms with Crippen molar-refractivity contribution in [2.75, 3.05) is 19.6 Å². The van der Waals surface area contributed by atoms with Gasteiger partial charge in [0.1, 0.15) is 0 Å². The van der Waals surface area contributed by atoms with Crippen LogP contribution in [0.15, 0.2) is 0 Å². The number of nitrogens with one attached hydrogen (secondary N) is 1. The fourth-order valence-corrected chi connectivity index (χ4v) is 2.48. The first-order chi connectivity index (χ1) is 6.77. The van der Waals surface area contributed by atoms with Crippen molar-refractivity contribution in [3.63, 3.8) is 0 Å². The molecule has 1 rings (SSSR count). The van der Waals surface area contributed by atoms with Crippen molar-refractivity contribution in [1.29, 1.82) is 0 Å². The Kier molecular flexibility index (Phi) is 5.49. The maximum Gasteiger partial charge on any atom is -0.00461 e. The van der Waals surface area contributed by atoms with E-state index in [0.29, 0.717) is 0 Å². The van der Waals surface area contributed by atoms with Crippen molar-refractivity contribution in [1.82, 2.24) is 5.32 Å². The molecule has 1 saturated heterocycles. The van der Waals surface area contributed by atoms with E-state index in [4.69, 9.17) is 5.73 Å². The second-order valence-corrected chi connectivity index (χ2v) is 4.83. The second kappa shape index (κ2) is 6.41. The second-order valence-electron chi connectivity index (χ2n) is 4.83. The molecule has 3 N–H and O–H groups in total. The molecule has 0 aromatic rings. The van der Waals surface area contributed by atoms with Crippen molar-refractivity contribution < 1.29 is 0 Å². The van der Waals surface area contributed by atoms with Gasteiger partial charge in [-0.15, -0.1) is 0 Å². The lowest BCUT2D eigenvalue weighted by molar-refractivity contribution is 0.226. The first-order valence-electron chi connectivity index (χ1n) is 6.18. The SMILES string of the molecule is CCC(C)CC(CN)C1CCNCC1. The van der Waals surface area contributed by atoms with Crippen molar-refractivity contribution in [3.8, 4) is 0 Å². The average Bonchev–Trinajstić information content (AvgIpc) is 2.26. The van der Waals surface area contributed by atoms with Gasteiger partial charge in [-0.1, -0.05) is 20.3 Å². The molecule has 1 aliphatic heterocycles. The van der Waals surface area contributed by atoms with Gasteiger partial charge < -0.3 is 11.1 Å². The summed E-state index contributed by atoms with van der Waals surface area (Å²) in [5.74, 6) is 2.50. The van der Waals surface area contributed by atoms with E-state index in [1.807, 2.05) is 0 Å². The molecule has 0 aromatic heterocycles. The Labute approximate surface area is 88.6 Å². The Hall–Kier alpha value is -0.0800. The first kappa shape index (κ1) is 12.0. The summed E-state index contributed by atoms with van der Waals surface area (Å²) >= 11 is 0. The molecule has 2 atom stereocenters. The molecule has 0 saturated carbocycles. The zero-order chi connectivity index (χ0) is 10.4. The van der Waals surface area contributed by atoms with Crippen LogP contribution in [0.25, 0.3) is 0 Å². The van der Waals surface area contributed by atoms with Crippen LogP contribution in [0.4, 0.5) is 0 Å². The van der Waals surface area contributed by atoms with Gasteiger partial charge in [-0.3, -0.25) is 0 Å². The topological polar surface area (TPSA) is 38.0 Å². The summed E-state index contributed by atoms with van der Waals surface area (Å²) in [5.41, 5.74) is 5.89. The summed E-state index contributed by atoms with van der Waals surface area (Å²) in [6.45, 7) is 7.91. The van der Waals surface area contributed by atoms with Gasteiger partial charge in [0.15, 0.2) is 0 Å². The Morgan fingerprint density at radius 2 is 2.00 bits per heavy atom. The van der Waals surface area contributed by atoms with Crippen LogP contribution in [0, 0.1) is 17.8 Å². The van der Waals surface area contributed by atoms with Gasteiger partial charge in [0, 0.05) is 0 Å². The maximum atomic E-state index is 5.89. The Balaban J connectivity index is 2.35. The van der Waals surface area contributed by atoms with Gasteiger partial charge in [-0.05, 0) is 56.7 Å². The summed E-state index contributed by atoms with van der Waals surface area (Å²) < 4.78 is 0. The maximum absolute atomic E-state index is 5.89. The number of hydrogen-bond acceptors (Lipinski definition) is 2. The monoisotopic (exact) mass is 198 g/mol. The number of piperidine rings is 1. The molecule has 0 spiro atoms. The Morgan fingerprint density at radius 3 is 2.50 bits per heavy atom. The molecule has 0 radical (unpaired) electrons. The smallest absolute Gasteiger partial charge is 0.00461 e. The lowest BCUT2D eigenvalue weighted by Crippen LogP contribution is -2.35. The summed E-state index contributed by atoms with van der Waals surface area (Å²) in [6.07, 6.45) is 5.29. The number of rotatable bonds is 5. The van der Waals surface area contributed by atoms with Gasteiger partial charge in [-0.2, -0.15) is 0 Å². The lowest BCUT2D eigenvalue weighted by Gasteiger charge is -2.31. The predicted molar refractivity (Wildman–Crippen MR) is 62.2 cm³/mol. The molecule has 2 nitrogen and oxygen atoms in total. The molecule has 0 aliphatic carbocycles. The van der Waals surface area contributed by atoms with E-state index in [0.717, 1.165) is 24.3 Å². The Morgan fingerprint density at radius 1 is 1.36 bits per heavy atom. The van der Waals surface area contributed by atoms with Crippen LogP contribution in [0.5, 0.6) is 0 Å². The van der Waals surface area contributed by atoms with Crippen LogP contribution in [-0.4, -0.2) is 19.6 Å². The molecule has 1 heterocycles. The van der Waals surface area contributed by atoms with E-state index < -0.39 is 0 Å². The van der Waals surface area contributed by atoms with Gasteiger partial charge >= 0.3 is 0 Å². The third-order valence-electron chi connectivity index (χ3n) is 3.76. The molecule has 0 bridgehead atoms. The summed E-state index contributed by atoms with van der Waals surface area (Å²) in [6, 6.07) is 0. The molecule has 0 aromatic carbocycles. The van der Waals surface area contributed by atoms with E-state index in [2.05, 4.69) is 19.2 Å². The zero-order valence-electron chi connectivity index (χ0n) is 9.76. The normalized spacial score (nSPS) is 23.4. The summed E-state index contributed by atoms with van der Waals surface area (Å²) in [4.78, 5) is 0. The van der Waals surface area contributed by atoms with Crippen LogP contribution < -0.4 is 11.1 Å². The molecule has 2 heteroatoms. The minimum absolute atomic E-state index is 0.770. The molecule has 0 amide bonds. The highest BCUT2D eigenvalue weighted by Crippen LogP contribution is 2.27. The fourth-order valence-electron chi connectivity index (χ4n) is 2.48. The van der Waals surface area contributed by atoms with Crippen molar-refractivity contribution in [2.24, 2.45) is 23.5 Å². The predicted octanol–water partition coefficient (Wildman–Crippen LogP) is 2.00. The highest BCUT2D eigenvalue weighted by Gasteiger charge is 2.23. The van der Waals surface area contributed by atoms with E-state index >= 15 is 0 Å². The molecule has 84 valence electrons. The van der Waals surface area contributed by atoms with Crippen LogP contribution >= 0.6 is 0 Å². The third kappa shape index (κ3) is 3.58. The molecular weight excluding hydrogens is 172 g/mol. The molecule has 1 fully saturated rings. The average molecular weight is 198 g/mol. The Bertz CT molecular complexity index is 141. The molecule has 2 unspecified atom stereocenters. The van der Waals surface area contributed by atoms with Crippen LogP contribution in [0.1, 0.15) is 39.5 Å². The van der Waals surface area contributed by atoms with Gasteiger partial charge in [0.05, 0.1) is 0 Å². The van der Waals surface area contributed by atoms with Crippen molar-refractivity contribution in [2.45, 2.75) is 39.5 Å². The van der Waals surface area contributed by atoms with Crippen LogP contribution in [0.3, 0.4) is 0 Å². The molecular formula is C12H26N2. The van der Waals surface area contributed by atoms with E-state index in [1.165, 1.54) is 38.8 Å². The number of hydrogen-bond donors (Lipinski definition) is 2. The van der Waals surface area contributed by atoms with E-state index in [-0.39, 0.29) is 0 Å². The first-order valence-corrected chi connectivity index (χ1v) is 6.18. The van der Waals surface area contributed by atoms with Crippen molar-refractivity contribution in [3.05, 3.63) is 0 Å². The highest BCUT2D eigenvalue weighted by molar-refractivity contribution is 4.77. The molecule has 1 aliphatic rings. The fraction of sp³-hybridized carbons (Fsp3) is 1.00. The van der Waals surface area contributed by atoms with E-state index in [9.17, 15) is 0 Å². The van der Waals surface area contributed by atoms with Crippen LogP contribution in [0.2, 0.25) is 0 Å². The van der Waals surface area contributed by atoms with Gasteiger partial charge in [0.2, 0.25) is 0 Å². The minimum Gasteiger partial charge on any atom is -0.330 e. The van der Waals surface area contributed by atoms with Gasteiger partial charge in [0.25, 0.3) is 0 Å². The van der Waals surface area contributed by atoms with Gasteiger partial charge in [-0.25, -0.2) is 0 Å². The largest absolute Gasteiger partial charge is 0.330 e. The highest BCUT2D eigenvalue weighted by atomic mass is 14.9. The standard InChI is InChI=1S/C12H26N2/c1-3-10(2)8-12(9-13)11-4-6-14-7-5-11/h10-12,14H,3-9,13H2,1-2H3. The zero-order valence-corrected chi connectivity index (χ0v) is 9.76. The summed E-state index contributed by atoms with van der Waals surface area (Å²) in [7, 11) is 0. The van der Waals surface area contributed by atoms with E-state index in [1.54, 1.807) is 0 Å². The third-order valence-corrected chi connectivity index (χ3v) is 3.76. The van der Waals surface area contributed by atoms with Crippen LogP contribution in [-0.2, 0) is 0 Å². The molecule has 14 heavy (non-hydrogen) atoms. The quantitative estimate of drug-likeness (QED) is 0.709. The number of nitrogens with two attached hydrogens (primary N) is 1.